The molecular formula is C38H30N4O. The minimum absolute atomic E-state index is 0.535. The topological polar surface area (TPSA) is 50.3 Å². The third-order valence-electron chi connectivity index (χ3n) is 8.37. The summed E-state index contributed by atoms with van der Waals surface area (Å²) >= 11 is 0. The van der Waals surface area contributed by atoms with Gasteiger partial charge in [-0.25, -0.2) is 4.98 Å². The monoisotopic (exact) mass is 558 g/mol. The lowest BCUT2D eigenvalue weighted by Crippen LogP contribution is -2.14. The first kappa shape index (κ1) is 25.3. The van der Waals surface area contributed by atoms with Crippen molar-refractivity contribution < 1.29 is 4.74 Å². The van der Waals surface area contributed by atoms with Gasteiger partial charge in [0.25, 0.3) is 0 Å². The quantitative estimate of drug-likeness (QED) is 0.234. The van der Waals surface area contributed by atoms with Crippen molar-refractivity contribution in [1.29, 1.82) is 0 Å². The first-order chi connectivity index (χ1) is 21.3. The number of para-hydroxylation sites is 3. The van der Waals surface area contributed by atoms with Gasteiger partial charge >= 0.3 is 0 Å². The van der Waals surface area contributed by atoms with Crippen LogP contribution in [0.5, 0.6) is 11.6 Å². The Morgan fingerprint density at radius 2 is 1.37 bits per heavy atom. The van der Waals surface area contributed by atoms with Gasteiger partial charge in [0.15, 0.2) is 0 Å². The highest BCUT2D eigenvalue weighted by Crippen LogP contribution is 2.41. The number of rotatable bonds is 4. The number of hydrogen-bond donors (Lipinski definition) is 1. The van der Waals surface area contributed by atoms with E-state index < -0.39 is 0 Å². The van der Waals surface area contributed by atoms with Gasteiger partial charge in [0.1, 0.15) is 17.4 Å². The fraction of sp³-hybridized carbons (Fsp3) is 0.105. The van der Waals surface area contributed by atoms with Gasteiger partial charge in [-0.15, -0.1) is 0 Å². The Hall–Kier alpha value is -5.42. The molecule has 8 rings (SSSR count). The molecule has 4 heterocycles. The van der Waals surface area contributed by atoms with Crippen molar-refractivity contribution in [3.63, 3.8) is 0 Å². The Morgan fingerprint density at radius 3 is 2.35 bits per heavy atom. The summed E-state index contributed by atoms with van der Waals surface area (Å²) in [6.07, 6.45) is 5.76. The Kier molecular flexibility index (Phi) is 6.34. The molecule has 0 spiro atoms. The number of anilines is 5. The van der Waals surface area contributed by atoms with Crippen LogP contribution >= 0.6 is 0 Å². The molecule has 0 aliphatic carbocycles. The van der Waals surface area contributed by atoms with Crippen LogP contribution in [0.2, 0.25) is 0 Å². The summed E-state index contributed by atoms with van der Waals surface area (Å²) in [5.74, 6) is 2.97. The average Bonchev–Trinajstić information content (AvgIpc) is 3.35. The van der Waals surface area contributed by atoms with Crippen molar-refractivity contribution >= 4 is 28.7 Å². The second-order valence-corrected chi connectivity index (χ2v) is 11.0. The summed E-state index contributed by atoms with van der Waals surface area (Å²) in [5, 5.41) is 3.74. The smallest absolute Gasteiger partial charge is 0.221 e. The van der Waals surface area contributed by atoms with Gasteiger partial charge in [0.05, 0.1) is 5.69 Å². The van der Waals surface area contributed by atoms with Crippen LogP contribution in [0.4, 0.5) is 28.7 Å². The lowest BCUT2D eigenvalue weighted by atomic mass is 9.97. The number of nitrogens with zero attached hydrogens (tertiary/aromatic N) is 3. The molecule has 43 heavy (non-hydrogen) atoms. The Labute approximate surface area is 251 Å². The highest BCUT2D eigenvalue weighted by Gasteiger charge is 2.24. The Bertz CT molecular complexity index is 1920. The fourth-order valence-electron chi connectivity index (χ4n) is 6.28. The van der Waals surface area contributed by atoms with Crippen LogP contribution in [0.15, 0.2) is 128 Å². The van der Waals surface area contributed by atoms with Crippen LogP contribution in [-0.2, 0) is 25.7 Å². The molecule has 0 unspecified atom stereocenters. The number of hydrogen-bond acceptors (Lipinski definition) is 5. The molecule has 2 aliphatic heterocycles. The summed E-state index contributed by atoms with van der Waals surface area (Å²) in [4.78, 5) is 11.9. The predicted octanol–water partition coefficient (Wildman–Crippen LogP) is 9.35. The molecule has 2 aromatic heterocycles. The molecule has 5 heteroatoms. The molecule has 0 bridgehead atoms. The molecular weight excluding hydrogens is 528 g/mol. The SMILES string of the molecule is c1cc(Oc2cccc(N3c4ccccc4CCc4cccnc43)n2)cc(-c2cccc3c2Nc2ccccc2CC3)c1. The van der Waals surface area contributed by atoms with E-state index in [2.05, 4.69) is 95.1 Å². The van der Waals surface area contributed by atoms with Crippen LogP contribution < -0.4 is 15.0 Å². The standard InChI is InChI=1S/C38H30N4O/c1-3-16-33-26(9-1)20-22-28-11-6-15-32(37(28)40-33)30-12-5-14-31(25-30)43-36-19-7-18-35(41-36)42-34-17-4-2-10-27(34)21-23-29-13-8-24-39-38(29)42/h1-19,24-25,40H,20-23H2. The maximum Gasteiger partial charge on any atom is 0.221 e. The van der Waals surface area contributed by atoms with Crippen molar-refractivity contribution in [3.8, 4) is 22.8 Å². The number of nitrogens with one attached hydrogen (secondary N) is 1. The fourth-order valence-corrected chi connectivity index (χ4v) is 6.28. The van der Waals surface area contributed by atoms with Crippen molar-refractivity contribution in [2.45, 2.75) is 25.7 Å². The van der Waals surface area contributed by atoms with E-state index >= 15 is 0 Å². The van der Waals surface area contributed by atoms with Gasteiger partial charge in [-0.1, -0.05) is 78.9 Å². The maximum atomic E-state index is 6.43. The number of pyridine rings is 2. The third kappa shape index (κ3) is 4.79. The number of aromatic nitrogens is 2. The van der Waals surface area contributed by atoms with Crippen LogP contribution in [0, 0.1) is 0 Å². The van der Waals surface area contributed by atoms with E-state index in [1.165, 1.54) is 27.9 Å². The van der Waals surface area contributed by atoms with E-state index in [0.29, 0.717) is 5.88 Å². The number of aryl methyl sites for hydroxylation is 4. The van der Waals surface area contributed by atoms with Crippen molar-refractivity contribution in [3.05, 3.63) is 150 Å². The molecule has 1 N–H and O–H groups in total. The minimum atomic E-state index is 0.535. The molecule has 0 radical (unpaired) electrons. The maximum absolute atomic E-state index is 6.43. The van der Waals surface area contributed by atoms with Gasteiger partial charge in [-0.3, -0.25) is 4.90 Å². The number of ether oxygens (including phenoxy) is 1. The summed E-state index contributed by atoms with van der Waals surface area (Å²) in [6, 6.07) is 42.0. The molecule has 4 aromatic carbocycles. The van der Waals surface area contributed by atoms with E-state index in [1.54, 1.807) is 0 Å². The molecule has 0 saturated carbocycles. The van der Waals surface area contributed by atoms with Crippen LogP contribution in [-0.4, -0.2) is 9.97 Å². The molecule has 6 aromatic rings. The van der Waals surface area contributed by atoms with Crippen molar-refractivity contribution in [2.24, 2.45) is 0 Å². The lowest BCUT2D eigenvalue weighted by Gasteiger charge is -2.25. The zero-order valence-corrected chi connectivity index (χ0v) is 23.7. The van der Waals surface area contributed by atoms with E-state index in [9.17, 15) is 0 Å². The molecule has 5 nitrogen and oxygen atoms in total. The first-order valence-corrected chi connectivity index (χ1v) is 14.8. The van der Waals surface area contributed by atoms with Gasteiger partial charge in [-0.2, -0.15) is 4.98 Å². The predicted molar refractivity (Wildman–Crippen MR) is 173 cm³/mol. The van der Waals surface area contributed by atoms with E-state index in [-0.39, 0.29) is 0 Å². The Balaban J connectivity index is 1.14. The number of fused-ring (bicyclic) bond motifs is 4. The highest BCUT2D eigenvalue weighted by atomic mass is 16.5. The second-order valence-electron chi connectivity index (χ2n) is 11.0. The van der Waals surface area contributed by atoms with Gasteiger partial charge < -0.3 is 10.1 Å². The summed E-state index contributed by atoms with van der Waals surface area (Å²) in [7, 11) is 0. The van der Waals surface area contributed by atoms with E-state index in [4.69, 9.17) is 14.7 Å². The van der Waals surface area contributed by atoms with Crippen LogP contribution in [0.1, 0.15) is 22.3 Å². The van der Waals surface area contributed by atoms with E-state index in [0.717, 1.165) is 65.6 Å². The zero-order valence-electron chi connectivity index (χ0n) is 23.7. The molecule has 0 fully saturated rings. The Morgan fingerprint density at radius 1 is 0.628 bits per heavy atom. The van der Waals surface area contributed by atoms with Gasteiger partial charge in [0.2, 0.25) is 5.88 Å². The van der Waals surface area contributed by atoms with Crippen LogP contribution in [0.25, 0.3) is 11.1 Å². The second kappa shape index (κ2) is 10.8. The summed E-state index contributed by atoms with van der Waals surface area (Å²) < 4.78 is 6.43. The molecule has 0 saturated heterocycles. The van der Waals surface area contributed by atoms with Crippen molar-refractivity contribution in [1.82, 2.24) is 9.97 Å². The first-order valence-electron chi connectivity index (χ1n) is 14.8. The van der Waals surface area contributed by atoms with E-state index in [1.807, 2.05) is 42.6 Å². The normalized spacial score (nSPS) is 13.3. The van der Waals surface area contributed by atoms with Gasteiger partial charge in [0, 0.05) is 29.2 Å². The minimum Gasteiger partial charge on any atom is -0.439 e. The summed E-state index contributed by atoms with van der Waals surface area (Å²) in [5.41, 5.74) is 10.8. The average molecular weight is 559 g/mol. The van der Waals surface area contributed by atoms with Gasteiger partial charge in [-0.05, 0) is 89.9 Å². The van der Waals surface area contributed by atoms with Crippen molar-refractivity contribution in [2.75, 3.05) is 10.2 Å². The molecule has 208 valence electrons. The largest absolute Gasteiger partial charge is 0.439 e. The van der Waals surface area contributed by atoms with Crippen LogP contribution in [0.3, 0.4) is 0 Å². The zero-order chi connectivity index (χ0) is 28.6. The third-order valence-corrected chi connectivity index (χ3v) is 8.37. The summed E-state index contributed by atoms with van der Waals surface area (Å²) in [6.45, 7) is 0. The number of benzene rings is 4. The molecule has 2 aliphatic rings. The lowest BCUT2D eigenvalue weighted by molar-refractivity contribution is 0.463. The molecule has 0 atom stereocenters. The highest BCUT2D eigenvalue weighted by molar-refractivity contribution is 5.85. The molecule has 0 amide bonds.